The number of aryl methyl sites for hydroxylation is 1. The molecular weight excluding hydrogens is 418 g/mol. The van der Waals surface area contributed by atoms with E-state index in [2.05, 4.69) is 74.8 Å². The fourth-order valence-electron chi connectivity index (χ4n) is 6.77. The molecule has 3 fully saturated rings. The second-order valence-corrected chi connectivity index (χ2v) is 11.7. The highest BCUT2D eigenvalue weighted by molar-refractivity contribution is 5.99. The molecule has 0 amide bonds. The topological polar surface area (TPSA) is 36.4 Å². The molecule has 182 valence electrons. The number of Topliss-reactive ketones (excluding diaryl/α,β-unsaturated/α-hetero) is 1. The molecule has 0 spiro atoms. The number of rotatable bonds is 8. The van der Waals surface area contributed by atoms with Crippen LogP contribution in [0.25, 0.3) is 0 Å². The average Bonchev–Trinajstić information content (AvgIpc) is 3.62. The Hall–Kier alpha value is -2.36. The van der Waals surface area contributed by atoms with E-state index >= 15 is 0 Å². The summed E-state index contributed by atoms with van der Waals surface area (Å²) < 4.78 is 0. The van der Waals surface area contributed by atoms with E-state index in [0.717, 1.165) is 24.2 Å². The van der Waals surface area contributed by atoms with Gasteiger partial charge in [-0.2, -0.15) is 0 Å². The normalized spacial score (nSPS) is 24.4. The highest BCUT2D eigenvalue weighted by Gasteiger charge is 2.45. The zero-order valence-electron chi connectivity index (χ0n) is 21.6. The zero-order chi connectivity index (χ0) is 24.0. The van der Waals surface area contributed by atoms with Crippen LogP contribution in [0, 0.1) is 24.7 Å². The largest absolute Gasteiger partial charge is 0.365 e. The maximum absolute atomic E-state index is 12.4. The van der Waals surface area contributed by atoms with Gasteiger partial charge < -0.3 is 9.80 Å². The minimum Gasteiger partial charge on any atom is -0.365 e. The molecule has 4 nitrogen and oxygen atoms in total. The van der Waals surface area contributed by atoms with Crippen molar-refractivity contribution >= 4 is 17.3 Å². The van der Waals surface area contributed by atoms with Gasteiger partial charge in [0, 0.05) is 47.5 Å². The van der Waals surface area contributed by atoms with Gasteiger partial charge in [-0.1, -0.05) is 45.4 Å². The van der Waals surface area contributed by atoms with Crippen molar-refractivity contribution in [2.75, 3.05) is 9.80 Å². The number of carbonyl (C=O) groups excluding carboxylic acids is 1. The minimum absolute atomic E-state index is 0.252. The van der Waals surface area contributed by atoms with Crippen LogP contribution in [0.4, 0.5) is 11.5 Å². The van der Waals surface area contributed by atoms with E-state index in [9.17, 15) is 4.79 Å². The van der Waals surface area contributed by atoms with Crippen LogP contribution in [-0.2, 0) is 0 Å². The zero-order valence-corrected chi connectivity index (χ0v) is 21.6. The second kappa shape index (κ2) is 9.36. The van der Waals surface area contributed by atoms with Gasteiger partial charge in [0.25, 0.3) is 0 Å². The Bertz CT molecular complexity index is 971. The Kier molecular flexibility index (Phi) is 6.43. The molecule has 2 aliphatic heterocycles. The Labute approximate surface area is 205 Å². The molecule has 1 aromatic heterocycles. The third-order valence-electron chi connectivity index (χ3n) is 8.37. The van der Waals surface area contributed by atoms with Gasteiger partial charge in [0.05, 0.1) is 0 Å². The Morgan fingerprint density at radius 1 is 0.912 bits per heavy atom. The second-order valence-electron chi connectivity index (χ2n) is 11.7. The predicted molar refractivity (Wildman–Crippen MR) is 141 cm³/mol. The number of anilines is 2. The van der Waals surface area contributed by atoms with Crippen LogP contribution in [0.1, 0.15) is 82.1 Å². The van der Waals surface area contributed by atoms with Crippen molar-refractivity contribution in [3.05, 3.63) is 53.7 Å². The lowest BCUT2D eigenvalue weighted by molar-refractivity contribution is 0.0967. The van der Waals surface area contributed by atoms with Crippen molar-refractivity contribution in [3.8, 4) is 0 Å². The summed E-state index contributed by atoms with van der Waals surface area (Å²) in [4.78, 5) is 22.6. The number of fused-ring (bicyclic) bond motifs is 2. The van der Waals surface area contributed by atoms with Crippen molar-refractivity contribution in [3.63, 3.8) is 0 Å². The van der Waals surface area contributed by atoms with E-state index in [1.807, 2.05) is 12.3 Å². The van der Waals surface area contributed by atoms with Gasteiger partial charge in [-0.05, 0) is 81.5 Å². The molecule has 1 aromatic carbocycles. The Balaban J connectivity index is 1.39. The van der Waals surface area contributed by atoms with Gasteiger partial charge in [0.15, 0.2) is 5.78 Å². The summed E-state index contributed by atoms with van der Waals surface area (Å²) in [5, 5.41) is 0. The Morgan fingerprint density at radius 3 is 2.03 bits per heavy atom. The lowest BCUT2D eigenvalue weighted by Gasteiger charge is -2.49. The third-order valence-corrected chi connectivity index (χ3v) is 8.37. The summed E-state index contributed by atoms with van der Waals surface area (Å²) in [5.74, 6) is 2.78. The van der Waals surface area contributed by atoms with Crippen LogP contribution in [0.3, 0.4) is 0 Å². The van der Waals surface area contributed by atoms with E-state index in [1.165, 1.54) is 36.9 Å². The predicted octanol–water partition coefficient (Wildman–Crippen LogP) is 6.67. The highest BCUT2D eigenvalue weighted by Crippen LogP contribution is 2.43. The molecule has 2 aromatic rings. The summed E-state index contributed by atoms with van der Waals surface area (Å²) >= 11 is 0. The molecule has 0 radical (unpaired) electrons. The van der Waals surface area contributed by atoms with E-state index in [4.69, 9.17) is 4.98 Å². The van der Waals surface area contributed by atoms with Crippen LogP contribution in [0.15, 0.2) is 42.6 Å². The van der Waals surface area contributed by atoms with Gasteiger partial charge in [-0.25, -0.2) is 4.98 Å². The van der Waals surface area contributed by atoms with Crippen LogP contribution in [-0.4, -0.2) is 34.9 Å². The lowest BCUT2D eigenvalue weighted by atomic mass is 9.86. The molecule has 3 aliphatic rings. The van der Waals surface area contributed by atoms with Crippen molar-refractivity contribution in [2.45, 2.75) is 97.3 Å². The average molecular weight is 460 g/mol. The van der Waals surface area contributed by atoms with Crippen LogP contribution < -0.4 is 9.80 Å². The SMILES string of the molecule is Cc1ccc(N(C2CC3CCC(C2)N3c2ccc(C(=O)C3CC3)cn2)C(C(C)C)C(C)C)cc1. The van der Waals surface area contributed by atoms with Gasteiger partial charge in [0.2, 0.25) is 0 Å². The van der Waals surface area contributed by atoms with Crippen molar-refractivity contribution in [1.29, 1.82) is 0 Å². The lowest BCUT2D eigenvalue weighted by Crippen LogP contribution is -2.56. The first-order chi connectivity index (χ1) is 16.3. The molecule has 2 saturated heterocycles. The van der Waals surface area contributed by atoms with Gasteiger partial charge in [-0.15, -0.1) is 0 Å². The van der Waals surface area contributed by atoms with E-state index in [1.54, 1.807) is 0 Å². The number of piperidine rings is 1. The minimum atomic E-state index is 0.252. The quantitative estimate of drug-likeness (QED) is 0.413. The van der Waals surface area contributed by atoms with Crippen molar-refractivity contribution in [1.82, 2.24) is 4.98 Å². The van der Waals surface area contributed by atoms with E-state index in [0.29, 0.717) is 36.0 Å². The molecule has 2 atom stereocenters. The first kappa shape index (κ1) is 23.4. The summed E-state index contributed by atoms with van der Waals surface area (Å²) in [6.07, 6.45) is 8.73. The number of pyridine rings is 1. The summed E-state index contributed by atoms with van der Waals surface area (Å²) in [6, 6.07) is 15.4. The number of carbonyl (C=O) groups is 1. The molecule has 2 bridgehead atoms. The number of nitrogens with zero attached hydrogens (tertiary/aromatic N) is 3. The molecule has 1 saturated carbocycles. The number of ketones is 1. The highest BCUT2D eigenvalue weighted by atomic mass is 16.1. The molecule has 5 rings (SSSR count). The molecule has 34 heavy (non-hydrogen) atoms. The summed E-state index contributed by atoms with van der Waals surface area (Å²) in [5.41, 5.74) is 3.48. The summed E-state index contributed by atoms with van der Waals surface area (Å²) in [7, 11) is 0. The first-order valence-electron chi connectivity index (χ1n) is 13.5. The standard InChI is InChI=1S/C30H41N3O/c1-19(2)29(20(3)4)33(24-11-6-21(5)7-12-24)27-16-25-13-14-26(17-27)32(25)28-15-10-23(18-31-28)30(34)22-8-9-22/h6-7,10-12,15,18-20,22,25-27,29H,8-9,13-14,16-17H2,1-5H3. The molecule has 1 aliphatic carbocycles. The maximum Gasteiger partial charge on any atom is 0.167 e. The molecule has 2 unspecified atom stereocenters. The van der Waals surface area contributed by atoms with Gasteiger partial charge in [-0.3, -0.25) is 4.79 Å². The first-order valence-corrected chi connectivity index (χ1v) is 13.5. The third kappa shape index (κ3) is 4.48. The molecular formula is C30H41N3O. The van der Waals surface area contributed by atoms with Crippen LogP contribution in [0.2, 0.25) is 0 Å². The fourth-order valence-corrected chi connectivity index (χ4v) is 6.77. The Morgan fingerprint density at radius 2 is 1.53 bits per heavy atom. The number of aromatic nitrogens is 1. The summed E-state index contributed by atoms with van der Waals surface area (Å²) in [6.45, 7) is 11.7. The molecule has 3 heterocycles. The number of hydrogen-bond acceptors (Lipinski definition) is 4. The number of hydrogen-bond donors (Lipinski definition) is 0. The molecule has 0 N–H and O–H groups in total. The number of benzene rings is 1. The van der Waals surface area contributed by atoms with E-state index in [-0.39, 0.29) is 11.7 Å². The van der Waals surface area contributed by atoms with Crippen LogP contribution in [0.5, 0.6) is 0 Å². The van der Waals surface area contributed by atoms with Gasteiger partial charge >= 0.3 is 0 Å². The molecule has 4 heteroatoms. The van der Waals surface area contributed by atoms with Gasteiger partial charge in [0.1, 0.15) is 5.82 Å². The van der Waals surface area contributed by atoms with Crippen molar-refractivity contribution < 1.29 is 4.79 Å². The monoisotopic (exact) mass is 459 g/mol. The van der Waals surface area contributed by atoms with E-state index < -0.39 is 0 Å². The fraction of sp³-hybridized carbons (Fsp3) is 0.600. The maximum atomic E-state index is 12.4. The van der Waals surface area contributed by atoms with Crippen molar-refractivity contribution in [2.24, 2.45) is 17.8 Å². The smallest absolute Gasteiger partial charge is 0.167 e. The van der Waals surface area contributed by atoms with Crippen LogP contribution >= 0.6 is 0 Å².